The van der Waals surface area contributed by atoms with E-state index in [0.717, 1.165) is 23.9 Å². The molecule has 0 aliphatic carbocycles. The van der Waals surface area contributed by atoms with Gasteiger partial charge in [-0.05, 0) is 18.9 Å². The Morgan fingerprint density at radius 3 is 2.67 bits per heavy atom. The summed E-state index contributed by atoms with van der Waals surface area (Å²) >= 11 is 0. The van der Waals surface area contributed by atoms with Crippen LogP contribution in [-0.2, 0) is 11.2 Å². The van der Waals surface area contributed by atoms with E-state index in [1.54, 1.807) is 4.90 Å². The minimum Gasteiger partial charge on any atom is -0.336 e. The molecule has 21 heavy (non-hydrogen) atoms. The van der Waals surface area contributed by atoms with E-state index in [1.165, 1.54) is 4.68 Å². The summed E-state index contributed by atoms with van der Waals surface area (Å²) in [6.45, 7) is 2.69. The van der Waals surface area contributed by atoms with Gasteiger partial charge in [-0.3, -0.25) is 9.59 Å². The Kier molecular flexibility index (Phi) is 3.41. The van der Waals surface area contributed by atoms with Gasteiger partial charge in [0, 0.05) is 23.9 Å². The molecule has 1 aliphatic rings. The van der Waals surface area contributed by atoms with Crippen LogP contribution in [0.2, 0.25) is 0 Å². The van der Waals surface area contributed by atoms with Crippen LogP contribution >= 0.6 is 0 Å². The zero-order chi connectivity index (χ0) is 15.0. The van der Waals surface area contributed by atoms with Crippen LogP contribution in [0.4, 0.5) is 5.69 Å². The van der Waals surface area contributed by atoms with Crippen molar-refractivity contribution in [3.63, 3.8) is 0 Å². The number of nitrogens with zero attached hydrogens (tertiary/aromatic N) is 2. The molecule has 0 spiro atoms. The van der Waals surface area contributed by atoms with Crippen LogP contribution in [0.15, 0.2) is 29.1 Å². The Morgan fingerprint density at radius 1 is 1.24 bits per heavy atom. The van der Waals surface area contributed by atoms with E-state index in [-0.39, 0.29) is 11.5 Å². The number of carbonyl (C=O) groups excluding carboxylic acids is 1. The summed E-state index contributed by atoms with van der Waals surface area (Å²) in [6, 6.07) is 7.50. The Balaban J connectivity index is 2.38. The van der Waals surface area contributed by atoms with Crippen molar-refractivity contribution < 1.29 is 4.79 Å². The third-order valence-corrected chi connectivity index (χ3v) is 4.02. The molecule has 0 bridgehead atoms. The molecule has 5 nitrogen and oxygen atoms in total. The van der Waals surface area contributed by atoms with Crippen molar-refractivity contribution in [2.24, 2.45) is 0 Å². The van der Waals surface area contributed by atoms with Gasteiger partial charge in [-0.15, -0.1) is 0 Å². The molecule has 1 aliphatic heterocycles. The normalized spacial score (nSPS) is 15.1. The third kappa shape index (κ3) is 2.09. The van der Waals surface area contributed by atoms with E-state index < -0.39 is 0 Å². The maximum absolute atomic E-state index is 12.6. The molecule has 0 radical (unpaired) electrons. The number of fused-ring (bicyclic) bond motifs is 1. The maximum Gasteiger partial charge on any atom is 0.274 e. The summed E-state index contributed by atoms with van der Waals surface area (Å²) in [4.78, 5) is 26.5. The fraction of sp³-hybridized carbons (Fsp3) is 0.375. The van der Waals surface area contributed by atoms with Crippen molar-refractivity contribution in [1.82, 2.24) is 4.68 Å². The Labute approximate surface area is 122 Å². The number of hydrogen-bond acceptors (Lipinski definition) is 3. The second kappa shape index (κ2) is 5.24. The highest BCUT2D eigenvalue weighted by Crippen LogP contribution is 2.32. The highest BCUT2D eigenvalue weighted by Gasteiger charge is 2.27. The predicted octanol–water partition coefficient (Wildman–Crippen LogP) is 1.79. The van der Waals surface area contributed by atoms with Gasteiger partial charge in [-0.1, -0.05) is 31.5 Å². The van der Waals surface area contributed by atoms with E-state index in [0.29, 0.717) is 30.5 Å². The van der Waals surface area contributed by atoms with E-state index in [4.69, 9.17) is 5.84 Å². The summed E-state index contributed by atoms with van der Waals surface area (Å²) in [5, 5.41) is 0.873. The Morgan fingerprint density at radius 2 is 2.00 bits per heavy atom. The van der Waals surface area contributed by atoms with Crippen LogP contribution in [0.25, 0.3) is 10.9 Å². The Bertz CT molecular complexity index is 764. The minimum atomic E-state index is -0.203. The number of benzene rings is 1. The summed E-state index contributed by atoms with van der Waals surface area (Å²) in [5.74, 6) is 6.04. The fourth-order valence-electron chi connectivity index (χ4n) is 3.07. The van der Waals surface area contributed by atoms with Gasteiger partial charge >= 0.3 is 0 Å². The second-order valence-electron chi connectivity index (χ2n) is 5.42. The molecule has 110 valence electrons. The first-order chi connectivity index (χ1) is 10.1. The molecule has 2 heterocycles. The summed E-state index contributed by atoms with van der Waals surface area (Å²) < 4.78 is 1.20. The largest absolute Gasteiger partial charge is 0.336 e. The molecule has 1 aromatic heterocycles. The van der Waals surface area contributed by atoms with E-state index in [9.17, 15) is 9.59 Å². The van der Waals surface area contributed by atoms with Crippen molar-refractivity contribution in [2.45, 2.75) is 32.6 Å². The van der Waals surface area contributed by atoms with E-state index in [1.807, 2.05) is 31.2 Å². The van der Waals surface area contributed by atoms with Gasteiger partial charge in [0.25, 0.3) is 5.56 Å². The van der Waals surface area contributed by atoms with Crippen molar-refractivity contribution in [3.8, 4) is 0 Å². The van der Waals surface area contributed by atoms with Crippen LogP contribution in [0, 0.1) is 0 Å². The molecule has 3 rings (SSSR count). The van der Waals surface area contributed by atoms with E-state index >= 15 is 0 Å². The first-order valence-electron chi connectivity index (χ1n) is 7.37. The van der Waals surface area contributed by atoms with Crippen LogP contribution in [0.5, 0.6) is 0 Å². The number of hydrogen-bond donors (Lipinski definition) is 1. The molecule has 0 saturated carbocycles. The summed E-state index contributed by atoms with van der Waals surface area (Å²) in [6.07, 6.45) is 2.85. The zero-order valence-corrected chi connectivity index (χ0v) is 12.1. The molecule has 1 fully saturated rings. The van der Waals surface area contributed by atoms with Crippen LogP contribution in [0.3, 0.4) is 0 Å². The van der Waals surface area contributed by atoms with Gasteiger partial charge in [0.2, 0.25) is 5.91 Å². The average Bonchev–Trinajstić information content (AvgIpc) is 2.91. The Hall–Kier alpha value is -2.30. The molecular weight excluding hydrogens is 266 g/mol. The SMILES string of the molecule is CCCc1c(N2CCCC2=O)c2ccccc2n(N)c1=O. The van der Waals surface area contributed by atoms with Crippen LogP contribution in [0.1, 0.15) is 31.7 Å². The maximum atomic E-state index is 12.6. The molecule has 1 amide bonds. The zero-order valence-electron chi connectivity index (χ0n) is 12.1. The monoisotopic (exact) mass is 285 g/mol. The van der Waals surface area contributed by atoms with Gasteiger partial charge in [0.15, 0.2) is 0 Å². The fourth-order valence-corrected chi connectivity index (χ4v) is 3.07. The number of aromatic nitrogens is 1. The van der Waals surface area contributed by atoms with Gasteiger partial charge in [-0.2, -0.15) is 0 Å². The number of pyridine rings is 1. The number of amides is 1. The number of rotatable bonds is 3. The minimum absolute atomic E-state index is 0.0895. The predicted molar refractivity (Wildman–Crippen MR) is 83.9 cm³/mol. The molecule has 0 atom stereocenters. The topological polar surface area (TPSA) is 68.3 Å². The molecule has 2 N–H and O–H groups in total. The molecule has 1 saturated heterocycles. The quantitative estimate of drug-likeness (QED) is 0.874. The lowest BCUT2D eigenvalue weighted by Crippen LogP contribution is -2.34. The van der Waals surface area contributed by atoms with Gasteiger partial charge in [0.1, 0.15) is 0 Å². The summed E-state index contributed by atoms with van der Waals surface area (Å²) in [7, 11) is 0. The molecule has 1 aromatic carbocycles. The highest BCUT2D eigenvalue weighted by molar-refractivity contribution is 6.05. The third-order valence-electron chi connectivity index (χ3n) is 4.02. The average molecular weight is 285 g/mol. The standard InChI is InChI=1S/C16H19N3O2/c1-2-6-12-15(18-10-5-9-14(18)20)11-7-3-4-8-13(11)19(17)16(12)21/h3-4,7-8H,2,5-6,9-10,17H2,1H3. The highest BCUT2D eigenvalue weighted by atomic mass is 16.2. The van der Waals surface area contributed by atoms with Crippen LogP contribution in [-0.4, -0.2) is 17.1 Å². The lowest BCUT2D eigenvalue weighted by atomic mass is 10.0. The molecular formula is C16H19N3O2. The van der Waals surface area contributed by atoms with Crippen molar-refractivity contribution in [3.05, 3.63) is 40.2 Å². The lowest BCUT2D eigenvalue weighted by molar-refractivity contribution is -0.117. The number of carbonyl (C=O) groups is 1. The molecule has 2 aromatic rings. The number of nitrogens with two attached hydrogens (primary N) is 1. The van der Waals surface area contributed by atoms with Crippen LogP contribution < -0.4 is 16.3 Å². The van der Waals surface area contributed by atoms with Gasteiger partial charge in [0.05, 0.1) is 11.2 Å². The smallest absolute Gasteiger partial charge is 0.274 e. The van der Waals surface area contributed by atoms with Crippen molar-refractivity contribution in [2.75, 3.05) is 17.3 Å². The first-order valence-corrected chi connectivity index (χ1v) is 7.37. The van der Waals surface area contributed by atoms with Gasteiger partial charge < -0.3 is 10.7 Å². The number of para-hydroxylation sites is 1. The van der Waals surface area contributed by atoms with Gasteiger partial charge in [-0.25, -0.2) is 4.68 Å². The lowest BCUT2D eigenvalue weighted by Gasteiger charge is -2.22. The first kappa shape index (κ1) is 13.7. The molecule has 0 unspecified atom stereocenters. The van der Waals surface area contributed by atoms with E-state index in [2.05, 4.69) is 0 Å². The number of nitrogen functional groups attached to an aromatic ring is 1. The summed E-state index contributed by atoms with van der Waals surface area (Å²) in [5.41, 5.74) is 1.87. The van der Waals surface area contributed by atoms with Crippen molar-refractivity contribution >= 4 is 22.5 Å². The number of anilines is 1. The second-order valence-corrected chi connectivity index (χ2v) is 5.42. The van der Waals surface area contributed by atoms with Crippen molar-refractivity contribution in [1.29, 1.82) is 0 Å². The molecule has 5 heteroatoms.